The summed E-state index contributed by atoms with van der Waals surface area (Å²) in [6.07, 6.45) is 1.93. The highest BCUT2D eigenvalue weighted by atomic mass is 16.3. The first kappa shape index (κ1) is 27.4. The number of aromatic nitrogens is 2. The summed E-state index contributed by atoms with van der Waals surface area (Å²) in [6.45, 7) is 0. The highest BCUT2D eigenvalue weighted by Gasteiger charge is 2.18. The number of nitrogens with zero attached hydrogens (tertiary/aromatic N) is 3. The van der Waals surface area contributed by atoms with Gasteiger partial charge in [0.2, 0.25) is 5.89 Å². The Morgan fingerprint density at radius 3 is 1.82 bits per heavy atom. The molecule has 0 saturated heterocycles. The number of furan rings is 1. The molecule has 0 amide bonds. The van der Waals surface area contributed by atoms with Crippen LogP contribution in [0.4, 0.5) is 17.1 Å². The number of oxazole rings is 1. The minimum Gasteiger partial charge on any atom is -0.454 e. The summed E-state index contributed by atoms with van der Waals surface area (Å²) in [5, 5.41) is 5.77. The average molecular weight is 630 g/mol. The summed E-state index contributed by atoms with van der Waals surface area (Å²) in [4.78, 5) is 11.9. The number of para-hydroxylation sites is 2. The SMILES string of the molecule is c1ccc2cc(-c3ccc(N(c4ccc(-c5nc6ccccc6o5)cc4)c4cnc5c(c4)oc4cc6ccccc6cc45)cc3)ccc2c1. The van der Waals surface area contributed by atoms with E-state index in [0.717, 1.165) is 72.1 Å². The van der Waals surface area contributed by atoms with Crippen LogP contribution in [0.15, 0.2) is 173 Å². The van der Waals surface area contributed by atoms with Gasteiger partial charge >= 0.3 is 0 Å². The molecule has 0 fully saturated rings. The van der Waals surface area contributed by atoms with Gasteiger partial charge in [-0.3, -0.25) is 0 Å². The predicted octanol–water partition coefficient (Wildman–Crippen LogP) is 12.2. The zero-order valence-corrected chi connectivity index (χ0v) is 26.2. The molecular weight excluding hydrogens is 603 g/mol. The van der Waals surface area contributed by atoms with Gasteiger partial charge in [-0.15, -0.1) is 0 Å². The summed E-state index contributed by atoms with van der Waals surface area (Å²) in [5.74, 6) is 0.594. The van der Waals surface area contributed by atoms with Gasteiger partial charge in [0.05, 0.1) is 11.9 Å². The topological polar surface area (TPSA) is 55.3 Å². The van der Waals surface area contributed by atoms with Crippen LogP contribution < -0.4 is 4.90 Å². The molecular formula is C44H27N3O2. The molecule has 10 rings (SSSR count). The second kappa shape index (κ2) is 10.9. The van der Waals surface area contributed by atoms with E-state index in [1.54, 1.807) is 0 Å². The van der Waals surface area contributed by atoms with E-state index in [2.05, 4.69) is 132 Å². The van der Waals surface area contributed by atoms with Crippen LogP contribution in [0, 0.1) is 0 Å². The Bertz CT molecular complexity index is 2800. The molecule has 49 heavy (non-hydrogen) atoms. The third kappa shape index (κ3) is 4.71. The number of anilines is 3. The summed E-state index contributed by atoms with van der Waals surface area (Å²) in [7, 11) is 0. The lowest BCUT2D eigenvalue weighted by molar-refractivity contribution is 0.620. The average Bonchev–Trinajstić information content (AvgIpc) is 3.75. The monoisotopic (exact) mass is 629 g/mol. The Hall–Kier alpha value is -6.72. The first-order chi connectivity index (χ1) is 24.2. The van der Waals surface area contributed by atoms with Gasteiger partial charge < -0.3 is 13.7 Å². The largest absolute Gasteiger partial charge is 0.454 e. The van der Waals surface area contributed by atoms with E-state index in [-0.39, 0.29) is 0 Å². The third-order valence-electron chi connectivity index (χ3n) is 9.29. The van der Waals surface area contributed by atoms with Crippen LogP contribution in [0.3, 0.4) is 0 Å². The molecule has 0 atom stereocenters. The van der Waals surface area contributed by atoms with Crippen molar-refractivity contribution in [3.05, 3.63) is 164 Å². The zero-order valence-electron chi connectivity index (χ0n) is 26.2. The molecule has 0 radical (unpaired) electrons. The van der Waals surface area contributed by atoms with Gasteiger partial charge in [-0.2, -0.15) is 0 Å². The van der Waals surface area contributed by atoms with Gasteiger partial charge in [0, 0.05) is 28.4 Å². The second-order valence-corrected chi connectivity index (χ2v) is 12.3. The minimum atomic E-state index is 0.594. The van der Waals surface area contributed by atoms with Crippen molar-refractivity contribution < 1.29 is 8.83 Å². The minimum absolute atomic E-state index is 0.594. The van der Waals surface area contributed by atoms with Crippen molar-refractivity contribution in [3.8, 4) is 22.6 Å². The van der Waals surface area contributed by atoms with Crippen LogP contribution in [0.1, 0.15) is 0 Å². The van der Waals surface area contributed by atoms with Crippen molar-refractivity contribution >= 4 is 71.8 Å². The lowest BCUT2D eigenvalue weighted by Crippen LogP contribution is -2.10. The predicted molar refractivity (Wildman–Crippen MR) is 200 cm³/mol. The van der Waals surface area contributed by atoms with Gasteiger partial charge in [-0.05, 0) is 99.4 Å². The second-order valence-electron chi connectivity index (χ2n) is 12.3. The molecule has 0 aliphatic heterocycles. The van der Waals surface area contributed by atoms with E-state index in [1.807, 2.05) is 36.5 Å². The molecule has 5 nitrogen and oxygen atoms in total. The quantitative estimate of drug-likeness (QED) is 0.190. The highest BCUT2D eigenvalue weighted by Crippen LogP contribution is 2.40. The maximum Gasteiger partial charge on any atom is 0.227 e. The Kier molecular flexibility index (Phi) is 6.11. The lowest BCUT2D eigenvalue weighted by atomic mass is 10.0. The van der Waals surface area contributed by atoms with Crippen molar-refractivity contribution in [2.45, 2.75) is 0 Å². The third-order valence-corrected chi connectivity index (χ3v) is 9.29. The van der Waals surface area contributed by atoms with Crippen molar-refractivity contribution in [3.63, 3.8) is 0 Å². The van der Waals surface area contributed by atoms with Crippen molar-refractivity contribution in [2.75, 3.05) is 4.90 Å². The van der Waals surface area contributed by atoms with Crippen molar-refractivity contribution in [1.29, 1.82) is 0 Å². The summed E-state index contributed by atoms with van der Waals surface area (Å²) >= 11 is 0. The van der Waals surface area contributed by atoms with Gasteiger partial charge in [0.1, 0.15) is 16.6 Å². The number of hydrogen-bond donors (Lipinski definition) is 0. The van der Waals surface area contributed by atoms with Crippen LogP contribution in [-0.2, 0) is 0 Å². The molecule has 0 spiro atoms. The summed E-state index contributed by atoms with van der Waals surface area (Å²) in [5.41, 5.74) is 10.1. The van der Waals surface area contributed by atoms with Crippen LogP contribution in [0.5, 0.6) is 0 Å². The summed E-state index contributed by atoms with van der Waals surface area (Å²) < 4.78 is 12.5. The van der Waals surface area contributed by atoms with Crippen LogP contribution in [0.25, 0.3) is 77.3 Å². The molecule has 7 aromatic carbocycles. The molecule has 0 saturated carbocycles. The molecule has 0 aliphatic carbocycles. The summed E-state index contributed by atoms with van der Waals surface area (Å²) in [6, 6.07) is 54.5. The number of fused-ring (bicyclic) bond motifs is 6. The fraction of sp³-hybridized carbons (Fsp3) is 0. The van der Waals surface area contributed by atoms with E-state index in [9.17, 15) is 0 Å². The number of benzene rings is 7. The molecule has 3 heterocycles. The molecule has 3 aromatic heterocycles. The molecule has 230 valence electrons. The van der Waals surface area contributed by atoms with Crippen LogP contribution >= 0.6 is 0 Å². The number of hydrogen-bond acceptors (Lipinski definition) is 5. The van der Waals surface area contributed by atoms with E-state index in [1.165, 1.54) is 16.3 Å². The van der Waals surface area contributed by atoms with Crippen molar-refractivity contribution in [1.82, 2.24) is 9.97 Å². The molecule has 10 aromatic rings. The van der Waals surface area contributed by atoms with Crippen LogP contribution in [-0.4, -0.2) is 9.97 Å². The Balaban J connectivity index is 1.08. The van der Waals surface area contributed by atoms with Gasteiger partial charge in [-0.25, -0.2) is 9.97 Å². The van der Waals surface area contributed by atoms with E-state index in [0.29, 0.717) is 5.89 Å². The maximum atomic E-state index is 6.43. The Morgan fingerprint density at radius 1 is 0.429 bits per heavy atom. The molecule has 0 unspecified atom stereocenters. The van der Waals surface area contributed by atoms with Gasteiger partial charge in [0.25, 0.3) is 0 Å². The first-order valence-corrected chi connectivity index (χ1v) is 16.3. The molecule has 5 heteroatoms. The van der Waals surface area contributed by atoms with E-state index >= 15 is 0 Å². The smallest absolute Gasteiger partial charge is 0.227 e. The molecule has 0 bridgehead atoms. The number of pyridine rings is 1. The number of rotatable bonds is 5. The highest BCUT2D eigenvalue weighted by molar-refractivity contribution is 6.09. The van der Waals surface area contributed by atoms with Crippen molar-refractivity contribution in [2.24, 2.45) is 0 Å². The fourth-order valence-electron chi connectivity index (χ4n) is 6.81. The van der Waals surface area contributed by atoms with E-state index in [4.69, 9.17) is 18.8 Å². The lowest BCUT2D eigenvalue weighted by Gasteiger charge is -2.25. The maximum absolute atomic E-state index is 6.43. The molecule has 0 aliphatic rings. The van der Waals surface area contributed by atoms with E-state index < -0.39 is 0 Å². The normalized spacial score (nSPS) is 11.7. The fourth-order valence-corrected chi connectivity index (χ4v) is 6.81. The Labute approximate surface area is 281 Å². The molecule has 0 N–H and O–H groups in total. The van der Waals surface area contributed by atoms with Crippen LogP contribution in [0.2, 0.25) is 0 Å². The first-order valence-electron chi connectivity index (χ1n) is 16.3. The van der Waals surface area contributed by atoms with Gasteiger partial charge in [0.15, 0.2) is 11.2 Å². The zero-order chi connectivity index (χ0) is 32.3. The Morgan fingerprint density at radius 2 is 1.06 bits per heavy atom. The van der Waals surface area contributed by atoms with Gasteiger partial charge in [-0.1, -0.05) is 84.9 Å². The standard InChI is InChI=1S/C44H27N3O2/c1-2-8-31-23-34(14-13-28(31)7-1)29-15-19-35(20-16-29)47(36-21-17-30(18-22-36)44-46-39-11-5-6-12-40(39)49-44)37-26-42-43(45-27-37)38-24-32-9-3-4-10-33(32)25-41(38)48-42/h1-27H.